The van der Waals surface area contributed by atoms with Crippen molar-refractivity contribution >= 4 is 17.9 Å². The molecule has 6 nitrogen and oxygen atoms in total. The summed E-state index contributed by atoms with van der Waals surface area (Å²) in [7, 11) is 0. The molecule has 0 aliphatic carbocycles. The zero-order valence-corrected chi connectivity index (χ0v) is 47.9. The van der Waals surface area contributed by atoms with Crippen molar-refractivity contribution in [1.29, 1.82) is 0 Å². The molecule has 0 aliphatic rings. The fourth-order valence-electron chi connectivity index (χ4n) is 9.09. The highest BCUT2D eigenvalue weighted by atomic mass is 16.6. The zero-order valence-electron chi connectivity index (χ0n) is 47.9. The van der Waals surface area contributed by atoms with Crippen molar-refractivity contribution in [3.63, 3.8) is 0 Å². The van der Waals surface area contributed by atoms with E-state index < -0.39 is 6.10 Å². The van der Waals surface area contributed by atoms with Crippen molar-refractivity contribution in [1.82, 2.24) is 0 Å². The van der Waals surface area contributed by atoms with Gasteiger partial charge >= 0.3 is 17.9 Å². The molecule has 0 radical (unpaired) electrons. The maximum atomic E-state index is 12.8. The zero-order chi connectivity index (χ0) is 52.2. The van der Waals surface area contributed by atoms with Crippen molar-refractivity contribution in [2.24, 2.45) is 0 Å². The number of carbonyl (C=O) groups excluding carboxylic acids is 3. The largest absolute Gasteiger partial charge is 0.462 e. The maximum absolute atomic E-state index is 12.8. The topological polar surface area (TPSA) is 78.9 Å². The average Bonchev–Trinajstić information content (AvgIpc) is 3.38. The van der Waals surface area contributed by atoms with Gasteiger partial charge in [-0.05, 0) is 77.0 Å². The number of unbranched alkanes of at least 4 members (excludes halogenated alkanes) is 36. The van der Waals surface area contributed by atoms with Gasteiger partial charge in [0.15, 0.2) is 6.10 Å². The molecule has 1 unspecified atom stereocenters. The Morgan fingerprint density at radius 2 is 0.569 bits per heavy atom. The summed E-state index contributed by atoms with van der Waals surface area (Å²) >= 11 is 0. The van der Waals surface area contributed by atoms with E-state index in [1.165, 1.54) is 167 Å². The van der Waals surface area contributed by atoms with Gasteiger partial charge in [0.05, 0.1) is 0 Å². The molecule has 1 atom stereocenters. The average molecular weight is 1010 g/mol. The first-order valence-corrected chi connectivity index (χ1v) is 31.3. The molecular weight excluding hydrogens is 889 g/mol. The molecule has 418 valence electrons. The van der Waals surface area contributed by atoms with Crippen LogP contribution in [-0.2, 0) is 28.6 Å². The molecule has 0 bridgehead atoms. The third-order valence-corrected chi connectivity index (χ3v) is 13.7. The first-order valence-electron chi connectivity index (χ1n) is 31.3. The first kappa shape index (κ1) is 69.1. The van der Waals surface area contributed by atoms with Crippen LogP contribution >= 0.6 is 0 Å². The molecule has 0 aliphatic heterocycles. The molecular formula is C66H118O6. The van der Waals surface area contributed by atoms with Gasteiger partial charge in [-0.1, -0.05) is 287 Å². The van der Waals surface area contributed by atoms with Gasteiger partial charge in [0.2, 0.25) is 0 Å². The van der Waals surface area contributed by atoms with Gasteiger partial charge in [-0.15, -0.1) is 0 Å². The van der Waals surface area contributed by atoms with Crippen LogP contribution in [0.4, 0.5) is 0 Å². The Bertz CT molecular complexity index is 1290. The van der Waals surface area contributed by atoms with Crippen LogP contribution in [0.25, 0.3) is 0 Å². The number of ether oxygens (including phenoxy) is 3. The van der Waals surface area contributed by atoms with Gasteiger partial charge in [-0.25, -0.2) is 0 Å². The summed E-state index contributed by atoms with van der Waals surface area (Å²) in [5, 5.41) is 0. The summed E-state index contributed by atoms with van der Waals surface area (Å²) in [5.41, 5.74) is 0. The molecule has 0 rings (SSSR count). The molecule has 0 aromatic heterocycles. The number of carbonyl (C=O) groups is 3. The van der Waals surface area contributed by atoms with Gasteiger partial charge in [0.25, 0.3) is 0 Å². The monoisotopic (exact) mass is 1010 g/mol. The summed E-state index contributed by atoms with van der Waals surface area (Å²) in [4.78, 5) is 38.1. The fourth-order valence-corrected chi connectivity index (χ4v) is 9.09. The Morgan fingerprint density at radius 3 is 0.917 bits per heavy atom. The highest BCUT2D eigenvalue weighted by Crippen LogP contribution is 2.17. The van der Waals surface area contributed by atoms with E-state index in [0.29, 0.717) is 19.3 Å². The standard InChI is InChI=1S/C66H118O6/c1-4-7-10-13-16-19-22-25-26-27-28-29-30-31-32-33-34-35-36-37-38-39-42-44-47-50-53-56-59-65(68)71-62-63(72-66(69)60-57-54-51-48-45-41-24-21-18-15-12-9-6-3)61-70-64(67)58-55-52-49-46-43-40-23-20-17-14-11-8-5-2/h9,11-12,14,18,20-21,23,41,45,63H,4-8,10,13,15-17,19,22,24-40,42-44,46-62H2,1-3H3/b12-9-,14-11-,21-18-,23-20-,45-41-. The van der Waals surface area contributed by atoms with E-state index in [-0.39, 0.29) is 31.1 Å². The SMILES string of the molecule is CC/C=C\C/C=C\C/C=C\CCCCCC(=O)OC(COC(=O)CCCCCCC/C=C\C/C=C\CCC)COC(=O)CCCCCCCCCCCCCCCCCCCCCCCCCCCCCC. The Balaban J connectivity index is 4.17. The second kappa shape index (κ2) is 60.7. The Hall–Kier alpha value is -2.89. The molecule has 0 aromatic carbocycles. The van der Waals surface area contributed by atoms with Crippen molar-refractivity contribution in [2.75, 3.05) is 13.2 Å². The molecule has 0 amide bonds. The number of rotatable bonds is 57. The van der Waals surface area contributed by atoms with Gasteiger partial charge in [-0.2, -0.15) is 0 Å². The van der Waals surface area contributed by atoms with E-state index in [9.17, 15) is 14.4 Å². The lowest BCUT2D eigenvalue weighted by Crippen LogP contribution is -2.30. The minimum Gasteiger partial charge on any atom is -0.462 e. The van der Waals surface area contributed by atoms with Crippen LogP contribution in [0.3, 0.4) is 0 Å². The summed E-state index contributed by atoms with van der Waals surface area (Å²) in [5.74, 6) is -0.920. The van der Waals surface area contributed by atoms with Crippen LogP contribution in [0, 0.1) is 0 Å². The molecule has 0 spiro atoms. The van der Waals surface area contributed by atoms with Crippen LogP contribution < -0.4 is 0 Å². The number of hydrogen-bond donors (Lipinski definition) is 0. The minimum absolute atomic E-state index is 0.0883. The van der Waals surface area contributed by atoms with Crippen LogP contribution in [0.2, 0.25) is 0 Å². The number of allylic oxidation sites excluding steroid dienone is 10. The lowest BCUT2D eigenvalue weighted by Gasteiger charge is -2.18. The van der Waals surface area contributed by atoms with E-state index in [4.69, 9.17) is 14.2 Å². The Kier molecular flexibility index (Phi) is 58.2. The van der Waals surface area contributed by atoms with Gasteiger partial charge < -0.3 is 14.2 Å². The van der Waals surface area contributed by atoms with Gasteiger partial charge in [0.1, 0.15) is 13.2 Å². The van der Waals surface area contributed by atoms with Gasteiger partial charge in [0, 0.05) is 19.3 Å². The van der Waals surface area contributed by atoms with Crippen molar-refractivity contribution in [3.05, 3.63) is 60.8 Å². The van der Waals surface area contributed by atoms with Crippen molar-refractivity contribution in [2.45, 2.75) is 329 Å². The Labute approximate surface area is 447 Å². The molecule has 0 N–H and O–H groups in total. The van der Waals surface area contributed by atoms with Crippen LogP contribution in [0.15, 0.2) is 60.8 Å². The smallest absolute Gasteiger partial charge is 0.306 e. The van der Waals surface area contributed by atoms with Crippen LogP contribution in [0.1, 0.15) is 323 Å². The van der Waals surface area contributed by atoms with E-state index >= 15 is 0 Å². The number of esters is 3. The number of hydrogen-bond acceptors (Lipinski definition) is 6. The second-order valence-corrected chi connectivity index (χ2v) is 20.9. The highest BCUT2D eigenvalue weighted by molar-refractivity contribution is 5.71. The molecule has 72 heavy (non-hydrogen) atoms. The predicted molar refractivity (Wildman–Crippen MR) is 312 cm³/mol. The molecule has 0 saturated carbocycles. The van der Waals surface area contributed by atoms with E-state index in [2.05, 4.69) is 81.5 Å². The normalized spacial score (nSPS) is 12.4. The fraction of sp³-hybridized carbons (Fsp3) is 0.803. The van der Waals surface area contributed by atoms with Crippen molar-refractivity contribution in [3.8, 4) is 0 Å². The highest BCUT2D eigenvalue weighted by Gasteiger charge is 2.19. The summed E-state index contributed by atoms with van der Waals surface area (Å²) < 4.78 is 16.8. The lowest BCUT2D eigenvalue weighted by atomic mass is 10.0. The Morgan fingerprint density at radius 1 is 0.292 bits per heavy atom. The molecule has 6 heteroatoms. The van der Waals surface area contributed by atoms with Crippen LogP contribution in [-0.4, -0.2) is 37.2 Å². The maximum Gasteiger partial charge on any atom is 0.306 e. The third-order valence-electron chi connectivity index (χ3n) is 13.7. The molecule has 0 fully saturated rings. The first-order chi connectivity index (χ1) is 35.5. The predicted octanol–water partition coefficient (Wildman–Crippen LogP) is 21.2. The molecule has 0 saturated heterocycles. The third kappa shape index (κ3) is 58.0. The summed E-state index contributed by atoms with van der Waals surface area (Å²) in [6, 6.07) is 0. The quantitative estimate of drug-likeness (QED) is 0.0261. The summed E-state index contributed by atoms with van der Waals surface area (Å²) in [6.07, 6.45) is 76.8. The second-order valence-electron chi connectivity index (χ2n) is 20.9. The minimum atomic E-state index is -0.794. The van der Waals surface area contributed by atoms with Crippen molar-refractivity contribution < 1.29 is 28.6 Å². The van der Waals surface area contributed by atoms with Crippen LogP contribution in [0.5, 0.6) is 0 Å². The van der Waals surface area contributed by atoms with E-state index in [1.54, 1.807) is 0 Å². The summed E-state index contributed by atoms with van der Waals surface area (Å²) in [6.45, 7) is 6.46. The van der Waals surface area contributed by atoms with E-state index in [0.717, 1.165) is 116 Å². The molecule has 0 aromatic rings. The molecule has 0 heterocycles. The lowest BCUT2D eigenvalue weighted by molar-refractivity contribution is -0.167. The van der Waals surface area contributed by atoms with E-state index in [1.807, 2.05) is 0 Å². The van der Waals surface area contributed by atoms with Gasteiger partial charge in [-0.3, -0.25) is 14.4 Å².